The van der Waals surface area contributed by atoms with Gasteiger partial charge in [0, 0.05) is 42.9 Å². The third-order valence-corrected chi connectivity index (χ3v) is 6.25. The summed E-state index contributed by atoms with van der Waals surface area (Å²) in [5.74, 6) is 1.96. The highest BCUT2D eigenvalue weighted by molar-refractivity contribution is 5.90. The number of rotatable bonds is 6. The molecule has 156 valence electrons. The Balaban J connectivity index is 1.39. The molecule has 5 heterocycles. The predicted molar refractivity (Wildman–Crippen MR) is 113 cm³/mol. The number of aromatic amines is 2. The van der Waals surface area contributed by atoms with Crippen molar-refractivity contribution < 1.29 is 0 Å². The van der Waals surface area contributed by atoms with E-state index < -0.39 is 0 Å². The van der Waals surface area contributed by atoms with Crippen LogP contribution in [0, 0.1) is 25.2 Å². The van der Waals surface area contributed by atoms with Crippen molar-refractivity contribution in [2.75, 3.05) is 17.2 Å². The number of aryl methyl sites for hydroxylation is 2. The Morgan fingerprint density at radius 2 is 1.97 bits per heavy atom. The second kappa shape index (κ2) is 7.57. The summed E-state index contributed by atoms with van der Waals surface area (Å²) in [4.78, 5) is 11.9. The largest absolute Gasteiger partial charge is 0.366 e. The maximum Gasteiger partial charge on any atom is 0.232 e. The van der Waals surface area contributed by atoms with Gasteiger partial charge in [0.2, 0.25) is 5.95 Å². The Hall–Kier alpha value is -3.19. The first-order chi connectivity index (χ1) is 14.6. The maximum absolute atomic E-state index is 8.95. The first-order valence-corrected chi connectivity index (χ1v) is 10.5. The molecule has 2 aliphatic rings. The molecule has 10 nitrogen and oxygen atoms in total. The van der Waals surface area contributed by atoms with Crippen molar-refractivity contribution in [2.45, 2.75) is 64.1 Å². The number of nitrogens with zero attached hydrogens (tertiary/aromatic N) is 6. The van der Waals surface area contributed by atoms with Crippen LogP contribution < -0.4 is 10.6 Å². The van der Waals surface area contributed by atoms with Gasteiger partial charge in [0.05, 0.1) is 17.1 Å². The number of fused-ring (bicyclic) bond motifs is 3. The molecule has 0 radical (unpaired) electrons. The minimum absolute atomic E-state index is 0.341. The number of hydrogen-bond acceptors (Lipinski definition) is 8. The smallest absolute Gasteiger partial charge is 0.232 e. The van der Waals surface area contributed by atoms with Crippen molar-refractivity contribution in [1.82, 2.24) is 35.3 Å². The Kier molecular flexibility index (Phi) is 4.75. The van der Waals surface area contributed by atoms with Crippen LogP contribution in [0.2, 0.25) is 0 Å². The van der Waals surface area contributed by atoms with Crippen LogP contribution in [-0.2, 0) is 0 Å². The van der Waals surface area contributed by atoms with Gasteiger partial charge in [-0.05, 0) is 39.5 Å². The molecule has 30 heavy (non-hydrogen) atoms. The van der Waals surface area contributed by atoms with Gasteiger partial charge in [-0.3, -0.25) is 15.1 Å². The number of nitriles is 1. The van der Waals surface area contributed by atoms with E-state index in [0.29, 0.717) is 42.0 Å². The highest BCUT2D eigenvalue weighted by Gasteiger charge is 2.40. The number of anilines is 3. The molecule has 0 spiro atoms. The molecule has 2 fully saturated rings. The molecule has 2 bridgehead atoms. The van der Waals surface area contributed by atoms with Crippen LogP contribution in [0.5, 0.6) is 0 Å². The average Bonchev–Trinajstić information content (AvgIpc) is 3.36. The monoisotopic (exact) mass is 406 g/mol. The third-order valence-electron chi connectivity index (χ3n) is 6.25. The highest BCUT2D eigenvalue weighted by Crippen LogP contribution is 2.37. The van der Waals surface area contributed by atoms with E-state index in [4.69, 9.17) is 10.2 Å². The normalized spacial score (nSPS) is 23.6. The summed E-state index contributed by atoms with van der Waals surface area (Å²) in [6, 6.07) is 5.63. The Labute approximate surface area is 174 Å². The molecule has 2 saturated heterocycles. The fourth-order valence-corrected chi connectivity index (χ4v) is 4.96. The second-order valence-electron chi connectivity index (χ2n) is 8.33. The van der Waals surface area contributed by atoms with E-state index >= 15 is 0 Å². The maximum atomic E-state index is 8.95. The van der Waals surface area contributed by atoms with Crippen molar-refractivity contribution in [3.63, 3.8) is 0 Å². The lowest BCUT2D eigenvalue weighted by Gasteiger charge is -2.39. The van der Waals surface area contributed by atoms with Gasteiger partial charge in [0.1, 0.15) is 5.82 Å². The van der Waals surface area contributed by atoms with Crippen molar-refractivity contribution in [1.29, 1.82) is 5.26 Å². The summed E-state index contributed by atoms with van der Waals surface area (Å²) < 4.78 is 0. The van der Waals surface area contributed by atoms with Gasteiger partial charge in [0.25, 0.3) is 0 Å². The molecule has 0 aliphatic carbocycles. The van der Waals surface area contributed by atoms with Crippen molar-refractivity contribution >= 4 is 28.6 Å². The lowest BCUT2D eigenvalue weighted by molar-refractivity contribution is 0.136. The van der Waals surface area contributed by atoms with E-state index in [1.54, 1.807) is 0 Å². The van der Waals surface area contributed by atoms with Crippen molar-refractivity contribution in [2.24, 2.45) is 0 Å². The molecule has 0 unspecified atom stereocenters. The molecule has 5 rings (SSSR count). The van der Waals surface area contributed by atoms with Gasteiger partial charge >= 0.3 is 0 Å². The molecule has 2 aliphatic heterocycles. The topological polar surface area (TPSA) is 134 Å². The molecule has 10 heteroatoms. The summed E-state index contributed by atoms with van der Waals surface area (Å²) in [7, 11) is 0. The van der Waals surface area contributed by atoms with Crippen LogP contribution in [0.25, 0.3) is 11.0 Å². The van der Waals surface area contributed by atoms with Gasteiger partial charge in [-0.1, -0.05) is 0 Å². The standard InChI is InChI=1S/C20H26N10/c1-11-8-16(28-26-11)23-20-24-18(17-12(2)27-29-19(17)25-20)22-13-9-14-4-5-15(10-13)30(14)7-3-6-21/h8,13-15H,3-5,7,9-10H2,1-2H3,(H4,22,23,24,25,26,27,28,29)/t13-,14-,15+. The Morgan fingerprint density at radius 1 is 1.17 bits per heavy atom. The number of hydrogen-bond donors (Lipinski definition) is 4. The fourth-order valence-electron chi connectivity index (χ4n) is 4.96. The van der Waals surface area contributed by atoms with Crippen molar-refractivity contribution in [3.8, 4) is 6.07 Å². The number of piperidine rings is 1. The van der Waals surface area contributed by atoms with E-state index in [1.807, 2.05) is 19.9 Å². The molecule has 0 amide bonds. The van der Waals surface area contributed by atoms with Crippen LogP contribution in [0.3, 0.4) is 0 Å². The highest BCUT2D eigenvalue weighted by atomic mass is 15.3. The predicted octanol–water partition coefficient (Wildman–Crippen LogP) is 2.76. The van der Waals surface area contributed by atoms with Crippen LogP contribution >= 0.6 is 0 Å². The fraction of sp³-hybridized carbons (Fsp3) is 0.550. The summed E-state index contributed by atoms with van der Waals surface area (Å²) >= 11 is 0. The minimum Gasteiger partial charge on any atom is -0.366 e. The second-order valence-corrected chi connectivity index (χ2v) is 8.33. The van der Waals surface area contributed by atoms with E-state index in [0.717, 1.165) is 42.0 Å². The lowest BCUT2D eigenvalue weighted by atomic mass is 9.97. The third kappa shape index (κ3) is 3.45. The molecular formula is C20H26N10. The number of aromatic nitrogens is 6. The molecule has 3 aromatic heterocycles. The number of nitrogens with one attached hydrogen (secondary N) is 4. The summed E-state index contributed by atoms with van der Waals surface area (Å²) in [5.41, 5.74) is 2.55. The van der Waals surface area contributed by atoms with Gasteiger partial charge in [-0.15, -0.1) is 0 Å². The average molecular weight is 406 g/mol. The van der Waals surface area contributed by atoms with E-state index in [-0.39, 0.29) is 0 Å². The minimum atomic E-state index is 0.341. The lowest BCUT2D eigenvalue weighted by Crippen LogP contribution is -2.47. The van der Waals surface area contributed by atoms with Crippen molar-refractivity contribution in [3.05, 3.63) is 17.5 Å². The summed E-state index contributed by atoms with van der Waals surface area (Å²) in [5, 5.41) is 31.2. The van der Waals surface area contributed by atoms with E-state index in [9.17, 15) is 0 Å². The SMILES string of the molecule is Cc1cc(Nc2nc(N[C@@H]3C[C@H]4CC[C@@H](C3)N4CCC#N)c3c(C)n[nH]c3n2)n[nH]1. The van der Waals surface area contributed by atoms with E-state index in [2.05, 4.69) is 47.0 Å². The molecule has 0 saturated carbocycles. The Morgan fingerprint density at radius 3 is 2.67 bits per heavy atom. The quantitative estimate of drug-likeness (QED) is 0.491. The van der Waals surface area contributed by atoms with Gasteiger partial charge < -0.3 is 10.6 Å². The van der Waals surface area contributed by atoms with Crippen LogP contribution in [0.15, 0.2) is 6.07 Å². The zero-order chi connectivity index (χ0) is 20.7. The van der Waals surface area contributed by atoms with Crippen LogP contribution in [0.4, 0.5) is 17.6 Å². The van der Waals surface area contributed by atoms with Crippen LogP contribution in [-0.4, -0.2) is 59.9 Å². The zero-order valence-electron chi connectivity index (χ0n) is 17.2. The first-order valence-electron chi connectivity index (χ1n) is 10.5. The van der Waals surface area contributed by atoms with Gasteiger partial charge in [0.15, 0.2) is 11.5 Å². The molecule has 0 aromatic carbocycles. The zero-order valence-corrected chi connectivity index (χ0v) is 17.2. The van der Waals surface area contributed by atoms with Crippen LogP contribution in [0.1, 0.15) is 43.5 Å². The summed E-state index contributed by atoms with van der Waals surface area (Å²) in [6.45, 7) is 4.80. The summed E-state index contributed by atoms with van der Waals surface area (Å²) in [6.07, 6.45) is 5.15. The Bertz CT molecular complexity index is 1080. The van der Waals surface area contributed by atoms with E-state index in [1.165, 1.54) is 12.8 Å². The molecule has 4 N–H and O–H groups in total. The molecule has 3 aromatic rings. The number of H-pyrrole nitrogens is 2. The molecule has 3 atom stereocenters. The van der Waals surface area contributed by atoms with Gasteiger partial charge in [-0.25, -0.2) is 0 Å². The van der Waals surface area contributed by atoms with Gasteiger partial charge in [-0.2, -0.15) is 25.4 Å². The first kappa shape index (κ1) is 18.8. The molecular weight excluding hydrogens is 380 g/mol.